The average Bonchev–Trinajstić information content (AvgIpc) is 2.66. The summed E-state index contributed by atoms with van der Waals surface area (Å²) in [5, 5.41) is 3.33. The zero-order valence-corrected chi connectivity index (χ0v) is 11.1. The molecule has 2 atom stereocenters. The van der Waals surface area contributed by atoms with Gasteiger partial charge in [0.1, 0.15) is 0 Å². The van der Waals surface area contributed by atoms with Gasteiger partial charge in [-0.05, 0) is 5.56 Å². The Morgan fingerprint density at radius 1 is 1.22 bits per heavy atom. The number of hydrogen-bond donors (Lipinski definition) is 1. The first-order chi connectivity index (χ1) is 8.64. The number of rotatable bonds is 2. The van der Waals surface area contributed by atoms with Crippen LogP contribution in [0.25, 0.3) is 0 Å². The van der Waals surface area contributed by atoms with Gasteiger partial charge >= 0.3 is 0 Å². The predicted molar refractivity (Wildman–Crippen MR) is 71.1 cm³/mol. The van der Waals surface area contributed by atoms with Gasteiger partial charge in [-0.15, -0.1) is 0 Å². The first-order valence-corrected chi connectivity index (χ1v) is 8.18. The first-order valence-electron chi connectivity index (χ1n) is 6.36. The Hall–Kier alpha value is -0.910. The lowest BCUT2D eigenvalue weighted by molar-refractivity contribution is 0.141. The van der Waals surface area contributed by atoms with Gasteiger partial charge < -0.3 is 5.32 Å². The van der Waals surface area contributed by atoms with Crippen LogP contribution in [-0.2, 0) is 16.4 Å². The summed E-state index contributed by atoms with van der Waals surface area (Å²) in [5.74, 6) is 0.598. The van der Waals surface area contributed by atoms with E-state index in [9.17, 15) is 8.42 Å². The summed E-state index contributed by atoms with van der Waals surface area (Å²) in [6.45, 7) is 2.65. The van der Waals surface area contributed by atoms with Gasteiger partial charge in [-0.2, -0.15) is 0 Å². The van der Waals surface area contributed by atoms with Crippen molar-refractivity contribution in [2.45, 2.75) is 18.6 Å². The minimum atomic E-state index is -2.86. The molecule has 0 amide bonds. The molecule has 0 aliphatic carbocycles. The van der Waals surface area contributed by atoms with Gasteiger partial charge in [0.25, 0.3) is 0 Å². The summed E-state index contributed by atoms with van der Waals surface area (Å²) in [6.07, 6.45) is 0. The molecule has 0 unspecified atom stereocenters. The number of fused-ring (bicyclic) bond motifs is 1. The van der Waals surface area contributed by atoms with E-state index in [1.165, 1.54) is 5.56 Å². The van der Waals surface area contributed by atoms with Gasteiger partial charge in [0, 0.05) is 31.7 Å². The Balaban J connectivity index is 1.76. The third-order valence-electron chi connectivity index (χ3n) is 3.83. The maximum Gasteiger partial charge on any atom is 0.153 e. The van der Waals surface area contributed by atoms with E-state index in [0.717, 1.165) is 19.6 Å². The maximum absolute atomic E-state index is 11.7. The van der Waals surface area contributed by atoms with Gasteiger partial charge in [0.05, 0.1) is 11.5 Å². The first kappa shape index (κ1) is 12.1. The van der Waals surface area contributed by atoms with Crippen molar-refractivity contribution in [3.8, 4) is 0 Å². The van der Waals surface area contributed by atoms with Crippen LogP contribution in [0.3, 0.4) is 0 Å². The van der Waals surface area contributed by atoms with E-state index >= 15 is 0 Å². The minimum Gasteiger partial charge on any atom is -0.310 e. The molecule has 4 nitrogen and oxygen atoms in total. The zero-order chi connectivity index (χ0) is 12.6. The van der Waals surface area contributed by atoms with Crippen LogP contribution in [0.2, 0.25) is 0 Å². The molecule has 2 aliphatic rings. The highest BCUT2D eigenvalue weighted by molar-refractivity contribution is 7.91. The Labute approximate surface area is 108 Å². The molecule has 2 saturated heterocycles. The molecule has 2 aliphatic heterocycles. The van der Waals surface area contributed by atoms with Crippen LogP contribution >= 0.6 is 0 Å². The molecule has 98 valence electrons. The van der Waals surface area contributed by atoms with E-state index in [4.69, 9.17) is 0 Å². The molecular formula is C13H18N2O2S. The zero-order valence-electron chi connectivity index (χ0n) is 10.2. The van der Waals surface area contributed by atoms with Gasteiger partial charge in [-0.1, -0.05) is 30.3 Å². The lowest BCUT2D eigenvalue weighted by Crippen LogP contribution is -2.56. The number of nitrogens with zero attached hydrogens (tertiary/aromatic N) is 1. The molecule has 3 rings (SSSR count). The molecular weight excluding hydrogens is 248 g/mol. The van der Waals surface area contributed by atoms with Crippen LogP contribution in [0, 0.1) is 0 Å². The summed E-state index contributed by atoms with van der Waals surface area (Å²) in [6, 6.07) is 10.5. The fraction of sp³-hybridized carbons (Fsp3) is 0.538. The second-order valence-corrected chi connectivity index (χ2v) is 7.31. The topological polar surface area (TPSA) is 49.4 Å². The summed E-state index contributed by atoms with van der Waals surface area (Å²) in [4.78, 5) is 2.31. The van der Waals surface area contributed by atoms with E-state index < -0.39 is 9.84 Å². The van der Waals surface area contributed by atoms with Crippen molar-refractivity contribution in [3.63, 3.8) is 0 Å². The van der Waals surface area contributed by atoms with Crippen molar-refractivity contribution < 1.29 is 8.42 Å². The number of piperazine rings is 1. The van der Waals surface area contributed by atoms with Crippen LogP contribution < -0.4 is 5.32 Å². The molecule has 5 heteroatoms. The molecule has 0 aromatic heterocycles. The number of benzene rings is 1. The normalized spacial score (nSPS) is 31.1. The Bertz CT molecular complexity index is 515. The molecule has 2 fully saturated rings. The molecule has 2 heterocycles. The average molecular weight is 266 g/mol. The maximum atomic E-state index is 11.7. The van der Waals surface area contributed by atoms with Crippen LogP contribution in [0.5, 0.6) is 0 Å². The second kappa shape index (κ2) is 4.64. The third-order valence-corrected chi connectivity index (χ3v) is 5.54. The van der Waals surface area contributed by atoms with Gasteiger partial charge in [0.2, 0.25) is 0 Å². The SMILES string of the molecule is O=S1(=O)C[C@H]2NCCN(Cc3ccccc3)[C@H]2C1. The van der Waals surface area contributed by atoms with Crippen molar-refractivity contribution in [2.75, 3.05) is 24.6 Å². The molecule has 1 aromatic rings. The molecule has 18 heavy (non-hydrogen) atoms. The molecule has 0 saturated carbocycles. The van der Waals surface area contributed by atoms with Crippen LogP contribution in [0.1, 0.15) is 5.56 Å². The van der Waals surface area contributed by atoms with E-state index in [-0.39, 0.29) is 12.1 Å². The number of hydrogen-bond acceptors (Lipinski definition) is 4. The monoisotopic (exact) mass is 266 g/mol. The number of nitrogens with one attached hydrogen (secondary N) is 1. The Kier molecular flexibility index (Phi) is 3.13. The Morgan fingerprint density at radius 2 is 2.00 bits per heavy atom. The van der Waals surface area contributed by atoms with E-state index in [0.29, 0.717) is 11.5 Å². The van der Waals surface area contributed by atoms with Crippen molar-refractivity contribution in [2.24, 2.45) is 0 Å². The summed E-state index contributed by atoms with van der Waals surface area (Å²) in [5.41, 5.74) is 1.25. The highest BCUT2D eigenvalue weighted by Gasteiger charge is 2.42. The fourth-order valence-electron chi connectivity index (χ4n) is 2.96. The minimum absolute atomic E-state index is 0.118. The smallest absolute Gasteiger partial charge is 0.153 e. The summed E-state index contributed by atoms with van der Waals surface area (Å²) < 4.78 is 23.5. The van der Waals surface area contributed by atoms with Crippen LogP contribution in [-0.4, -0.2) is 50.0 Å². The third kappa shape index (κ3) is 2.43. The van der Waals surface area contributed by atoms with E-state index in [2.05, 4.69) is 22.3 Å². The molecule has 0 radical (unpaired) electrons. The van der Waals surface area contributed by atoms with Crippen molar-refractivity contribution in [1.29, 1.82) is 0 Å². The predicted octanol–water partition coefficient (Wildman–Crippen LogP) is 0.257. The highest BCUT2D eigenvalue weighted by atomic mass is 32.2. The fourth-order valence-corrected chi connectivity index (χ4v) is 4.94. The number of sulfone groups is 1. The molecule has 1 N–H and O–H groups in total. The Morgan fingerprint density at radius 3 is 2.78 bits per heavy atom. The standard InChI is InChI=1S/C13H18N2O2S/c16-18(17)9-12-13(10-18)15(7-6-14-12)8-11-4-2-1-3-5-11/h1-5,12-14H,6-10H2/t12-,13+/m1/s1. The largest absolute Gasteiger partial charge is 0.310 e. The van der Waals surface area contributed by atoms with Gasteiger partial charge in [-0.25, -0.2) is 8.42 Å². The van der Waals surface area contributed by atoms with Crippen LogP contribution in [0.4, 0.5) is 0 Å². The van der Waals surface area contributed by atoms with Crippen molar-refractivity contribution in [3.05, 3.63) is 35.9 Å². The van der Waals surface area contributed by atoms with Gasteiger partial charge in [0.15, 0.2) is 9.84 Å². The lowest BCUT2D eigenvalue weighted by Gasteiger charge is -2.37. The highest BCUT2D eigenvalue weighted by Crippen LogP contribution is 2.22. The summed E-state index contributed by atoms with van der Waals surface area (Å²) in [7, 11) is -2.86. The molecule has 0 bridgehead atoms. The van der Waals surface area contributed by atoms with Gasteiger partial charge in [-0.3, -0.25) is 4.90 Å². The summed E-state index contributed by atoms with van der Waals surface area (Å²) >= 11 is 0. The van der Waals surface area contributed by atoms with E-state index in [1.807, 2.05) is 18.2 Å². The quantitative estimate of drug-likeness (QED) is 0.834. The van der Waals surface area contributed by atoms with Crippen molar-refractivity contribution >= 4 is 9.84 Å². The second-order valence-electron chi connectivity index (χ2n) is 5.16. The molecule has 0 spiro atoms. The van der Waals surface area contributed by atoms with Crippen molar-refractivity contribution in [1.82, 2.24) is 10.2 Å². The molecule has 1 aromatic carbocycles. The van der Waals surface area contributed by atoms with Crippen LogP contribution in [0.15, 0.2) is 30.3 Å². The lowest BCUT2D eigenvalue weighted by atomic mass is 10.1. The van der Waals surface area contributed by atoms with E-state index in [1.54, 1.807) is 0 Å².